The molecule has 3 atom stereocenters. The number of benzene rings is 1. The van der Waals surface area contributed by atoms with Gasteiger partial charge in [-0.05, 0) is 34.9 Å². The third kappa shape index (κ3) is 7.19. The monoisotopic (exact) mass is 430 g/mol. The molecule has 0 saturated heterocycles. The van der Waals surface area contributed by atoms with Crippen LogP contribution in [-0.4, -0.2) is 53.5 Å². The van der Waals surface area contributed by atoms with Crippen LogP contribution < -0.4 is 0 Å². The van der Waals surface area contributed by atoms with Crippen molar-refractivity contribution in [1.29, 1.82) is 0 Å². The van der Waals surface area contributed by atoms with Gasteiger partial charge in [0.1, 0.15) is 0 Å². The van der Waals surface area contributed by atoms with Crippen LogP contribution in [0.3, 0.4) is 0 Å². The van der Waals surface area contributed by atoms with Gasteiger partial charge in [-0.25, -0.2) is 0 Å². The number of hydrogen-bond acceptors (Lipinski definition) is 4. The van der Waals surface area contributed by atoms with E-state index in [0.717, 1.165) is 5.56 Å². The third-order valence-corrected chi connectivity index (χ3v) is 6.72. The number of hydrogen-bond donors (Lipinski definition) is 2. The summed E-state index contributed by atoms with van der Waals surface area (Å²) < 4.78 is 17.6. The van der Waals surface area contributed by atoms with Gasteiger partial charge in [-0.1, -0.05) is 52.8 Å². The summed E-state index contributed by atoms with van der Waals surface area (Å²) in [4.78, 5) is 26.7. The van der Waals surface area contributed by atoms with Gasteiger partial charge in [0, 0.05) is 0 Å². The molecule has 0 aliphatic rings. The van der Waals surface area contributed by atoms with Crippen LogP contribution in [0.25, 0.3) is 0 Å². The van der Waals surface area contributed by atoms with Crippen LogP contribution in [-0.2, 0) is 25.3 Å². The van der Waals surface area contributed by atoms with Gasteiger partial charge in [0.05, 0.1) is 27.6 Å². The third-order valence-electron chi connectivity index (χ3n) is 5.04. The van der Waals surface area contributed by atoms with E-state index in [4.69, 9.17) is 14.7 Å². The van der Waals surface area contributed by atoms with E-state index in [1.807, 2.05) is 21.1 Å². The van der Waals surface area contributed by atoms with E-state index in [9.17, 15) is 14.3 Å². The van der Waals surface area contributed by atoms with Crippen molar-refractivity contribution in [1.82, 2.24) is 0 Å². The number of carboxylic acid groups (broad SMARTS) is 1. The van der Waals surface area contributed by atoms with Crippen LogP contribution in [0.1, 0.15) is 69.6 Å². The minimum Gasteiger partial charge on any atom is -0.481 e. The number of carbonyl (C=O) groups is 1. The summed E-state index contributed by atoms with van der Waals surface area (Å²) in [6, 6.07) is 6.36. The first kappa shape index (κ1) is 25.8. The van der Waals surface area contributed by atoms with Crippen molar-refractivity contribution in [2.24, 2.45) is 0 Å². The first-order valence-electron chi connectivity index (χ1n) is 10.0. The topological polar surface area (TPSA) is 93.1 Å². The molecule has 1 rings (SSSR count). The van der Waals surface area contributed by atoms with Crippen molar-refractivity contribution >= 4 is 13.6 Å². The maximum absolute atomic E-state index is 12.4. The van der Waals surface area contributed by atoms with E-state index in [1.165, 1.54) is 18.1 Å². The molecule has 7 nitrogen and oxygen atoms in total. The Morgan fingerprint density at radius 3 is 2.14 bits per heavy atom. The minimum atomic E-state index is -4.47. The molecule has 0 bridgehead atoms. The van der Waals surface area contributed by atoms with Crippen molar-refractivity contribution in [3.8, 4) is 0 Å². The lowest BCUT2D eigenvalue weighted by Crippen LogP contribution is -2.48. The lowest BCUT2D eigenvalue weighted by molar-refractivity contribution is -0.928. The van der Waals surface area contributed by atoms with Crippen molar-refractivity contribution < 1.29 is 33.4 Å². The van der Waals surface area contributed by atoms with E-state index in [2.05, 4.69) is 45.9 Å². The Labute approximate surface area is 174 Å². The molecular formula is C21H37NO6P+. The normalized spacial score (nSPS) is 16.7. The Hall–Kier alpha value is -1.24. The second-order valence-corrected chi connectivity index (χ2v) is 10.9. The maximum Gasteiger partial charge on any atom is 0.369 e. The minimum absolute atomic E-state index is 0.0321. The van der Waals surface area contributed by atoms with E-state index >= 15 is 0 Å². The molecule has 3 unspecified atom stereocenters. The second-order valence-electron chi connectivity index (χ2n) is 9.04. The van der Waals surface area contributed by atoms with Gasteiger partial charge >= 0.3 is 13.6 Å². The lowest BCUT2D eigenvalue weighted by atomic mass is 9.90. The fourth-order valence-corrected chi connectivity index (χ4v) is 4.10. The molecule has 0 aromatic heterocycles. The Morgan fingerprint density at radius 1 is 1.14 bits per heavy atom. The zero-order valence-electron chi connectivity index (χ0n) is 18.9. The highest BCUT2D eigenvalue weighted by molar-refractivity contribution is 7.54. The molecule has 0 amide bonds. The number of carboxylic acids is 1. The van der Waals surface area contributed by atoms with Crippen LogP contribution in [0, 0.1) is 0 Å². The van der Waals surface area contributed by atoms with Crippen LogP contribution in [0.15, 0.2) is 18.2 Å². The highest BCUT2D eigenvalue weighted by atomic mass is 31.2. The van der Waals surface area contributed by atoms with Crippen LogP contribution in [0.2, 0.25) is 0 Å². The van der Waals surface area contributed by atoms with E-state index in [0.29, 0.717) is 22.7 Å². The summed E-state index contributed by atoms with van der Waals surface area (Å²) in [5, 5.41) is 9.17. The number of aliphatic carboxylic acids is 1. The summed E-state index contributed by atoms with van der Waals surface area (Å²) in [5.41, 5.74) is 2.00. The van der Waals surface area contributed by atoms with Gasteiger partial charge in [-0.3, -0.25) is 9.36 Å². The summed E-state index contributed by atoms with van der Waals surface area (Å²) in [6.07, 6.45) is -0.168. The van der Waals surface area contributed by atoms with Gasteiger partial charge < -0.3 is 14.5 Å². The van der Waals surface area contributed by atoms with Gasteiger partial charge in [0.25, 0.3) is 0 Å². The standard InChI is InChI=1S/C21H36NO6P/c1-9-19(21(23)24)29(25,26)28-27-20(22(6,7)8)13-17-11-10-16(14(2)3)12-18(17)15(4)5/h10-12,14-15,19-20H,9,13H2,1-8H3,(H-,23,24,25,26)/p+1. The average Bonchev–Trinajstić information content (AvgIpc) is 2.57. The summed E-state index contributed by atoms with van der Waals surface area (Å²) >= 11 is 0. The average molecular weight is 431 g/mol. The summed E-state index contributed by atoms with van der Waals surface area (Å²) in [7, 11) is 1.20. The lowest BCUT2D eigenvalue weighted by Gasteiger charge is -2.33. The molecule has 166 valence electrons. The zero-order chi connectivity index (χ0) is 22.6. The molecule has 0 aliphatic carbocycles. The first-order valence-corrected chi connectivity index (χ1v) is 11.7. The number of likely N-dealkylation sites (N-methyl/N-ethyl adjacent to an activating group) is 1. The van der Waals surface area contributed by atoms with Gasteiger partial charge in [0.15, 0.2) is 5.66 Å². The van der Waals surface area contributed by atoms with Crippen molar-refractivity contribution in [2.45, 2.75) is 71.2 Å². The fourth-order valence-electron chi connectivity index (χ4n) is 3.03. The number of rotatable bonds is 11. The predicted octanol–water partition coefficient (Wildman–Crippen LogP) is 4.51. The molecule has 8 heteroatoms. The molecule has 0 radical (unpaired) electrons. The molecular weight excluding hydrogens is 393 g/mol. The maximum atomic E-state index is 12.4. The molecule has 1 aromatic rings. The Bertz CT molecular complexity index is 741. The quantitative estimate of drug-likeness (QED) is 0.176. The van der Waals surface area contributed by atoms with E-state index in [-0.39, 0.29) is 6.42 Å². The second kappa shape index (κ2) is 10.2. The number of nitrogens with zero attached hydrogens (tertiary/aromatic N) is 1. The predicted molar refractivity (Wildman–Crippen MR) is 114 cm³/mol. The summed E-state index contributed by atoms with van der Waals surface area (Å²) in [5.74, 6) is -0.661. The molecule has 1 aromatic carbocycles. The Morgan fingerprint density at radius 2 is 1.72 bits per heavy atom. The zero-order valence-corrected chi connectivity index (χ0v) is 19.8. The molecule has 0 heterocycles. The smallest absolute Gasteiger partial charge is 0.369 e. The van der Waals surface area contributed by atoms with Crippen LogP contribution >= 0.6 is 7.60 Å². The van der Waals surface area contributed by atoms with Gasteiger partial charge in [-0.15, -0.1) is 4.67 Å². The Kier molecular flexibility index (Phi) is 9.06. The highest BCUT2D eigenvalue weighted by Crippen LogP contribution is 2.49. The highest BCUT2D eigenvalue weighted by Gasteiger charge is 2.40. The SMILES string of the molecule is CCC(C(=O)O)P(=O)(O)OOC(Cc1ccc(C(C)C)cc1C(C)C)[N+](C)(C)C. The van der Waals surface area contributed by atoms with Gasteiger partial charge in [-0.2, -0.15) is 4.89 Å². The van der Waals surface area contributed by atoms with Crippen LogP contribution in [0.5, 0.6) is 0 Å². The summed E-state index contributed by atoms with van der Waals surface area (Å²) in [6.45, 7) is 10.1. The molecule has 0 saturated carbocycles. The Balaban J connectivity index is 3.13. The van der Waals surface area contributed by atoms with E-state index < -0.39 is 25.5 Å². The molecule has 29 heavy (non-hydrogen) atoms. The largest absolute Gasteiger partial charge is 0.481 e. The van der Waals surface area contributed by atoms with E-state index in [1.54, 1.807) is 0 Å². The van der Waals surface area contributed by atoms with Crippen molar-refractivity contribution in [2.75, 3.05) is 21.1 Å². The molecule has 0 aliphatic heterocycles. The van der Waals surface area contributed by atoms with Crippen molar-refractivity contribution in [3.05, 3.63) is 34.9 Å². The first-order chi connectivity index (χ1) is 13.2. The molecule has 2 N–H and O–H groups in total. The molecule has 0 fully saturated rings. The van der Waals surface area contributed by atoms with Crippen molar-refractivity contribution in [3.63, 3.8) is 0 Å². The van der Waals surface area contributed by atoms with Gasteiger partial charge in [0.2, 0.25) is 6.23 Å². The van der Waals surface area contributed by atoms with Crippen LogP contribution in [0.4, 0.5) is 0 Å². The molecule has 0 spiro atoms. The number of quaternary nitrogens is 1. The fraction of sp³-hybridized carbons (Fsp3) is 0.667.